The second-order valence-corrected chi connectivity index (χ2v) is 1.65. The van der Waals surface area contributed by atoms with E-state index in [0.717, 1.165) is 0 Å². The minimum Gasteiger partial charge on any atom is -0.545 e. The first-order valence-corrected chi connectivity index (χ1v) is 2.57. The van der Waals surface area contributed by atoms with Gasteiger partial charge in [0.1, 0.15) is 0 Å². The Balaban J connectivity index is 0. The summed E-state index contributed by atoms with van der Waals surface area (Å²) in [5.74, 6) is -1.13. The second kappa shape index (κ2) is 6.03. The Kier molecular flexibility index (Phi) is 7.08. The van der Waals surface area contributed by atoms with Crippen molar-refractivity contribution < 1.29 is 28.8 Å². The van der Waals surface area contributed by atoms with Gasteiger partial charge in [0.25, 0.3) is 0 Å². The van der Waals surface area contributed by atoms with Gasteiger partial charge in [0.15, 0.2) is 0 Å². The molecule has 0 N–H and O–H groups in total. The van der Waals surface area contributed by atoms with Crippen molar-refractivity contribution in [2.24, 2.45) is 0 Å². The van der Waals surface area contributed by atoms with Gasteiger partial charge in [0.2, 0.25) is 0 Å². The Labute approximate surface area is 78.4 Å². The predicted molar refractivity (Wildman–Crippen MR) is 34.0 cm³/mol. The van der Waals surface area contributed by atoms with E-state index in [1.54, 1.807) is 18.2 Å². The molecule has 0 unspecified atom stereocenters. The number of rotatable bonds is 1. The van der Waals surface area contributed by atoms with Gasteiger partial charge in [0, 0.05) is 7.43 Å². The van der Waals surface area contributed by atoms with Gasteiger partial charge in [-0.1, -0.05) is 30.3 Å². The summed E-state index contributed by atoms with van der Waals surface area (Å²) >= 11 is 0. The number of carbonyl (C=O) groups excluding carboxylic acids is 1. The maximum Gasteiger partial charge on any atom is 1.00 e. The van der Waals surface area contributed by atoms with Crippen molar-refractivity contribution in [3.63, 3.8) is 0 Å². The SMILES string of the molecule is O=C([O-])c1ccccc1.[C].[Li+]. The van der Waals surface area contributed by atoms with Crippen LogP contribution in [0.15, 0.2) is 30.3 Å². The summed E-state index contributed by atoms with van der Waals surface area (Å²) in [4.78, 5) is 10.1. The zero-order valence-electron chi connectivity index (χ0n) is 6.20. The molecular formula is C8H5LiO2. The third kappa shape index (κ3) is 3.87. The normalized spacial score (nSPS) is 7.27. The Morgan fingerprint density at radius 2 is 1.64 bits per heavy atom. The van der Waals surface area contributed by atoms with Crippen LogP contribution in [0, 0.1) is 7.43 Å². The summed E-state index contributed by atoms with van der Waals surface area (Å²) in [5.41, 5.74) is 0.220. The Morgan fingerprint density at radius 3 is 1.91 bits per heavy atom. The van der Waals surface area contributed by atoms with Crippen LogP contribution in [0.4, 0.5) is 0 Å². The number of hydrogen-bond acceptors (Lipinski definition) is 2. The van der Waals surface area contributed by atoms with Gasteiger partial charge < -0.3 is 9.90 Å². The van der Waals surface area contributed by atoms with Gasteiger partial charge >= 0.3 is 18.9 Å². The van der Waals surface area contributed by atoms with Crippen molar-refractivity contribution in [3.05, 3.63) is 43.3 Å². The van der Waals surface area contributed by atoms with Gasteiger partial charge in [-0.05, 0) is 5.56 Å². The number of aromatic carboxylic acids is 1. The fraction of sp³-hybridized carbons (Fsp3) is 0. The van der Waals surface area contributed by atoms with Crippen molar-refractivity contribution in [2.75, 3.05) is 0 Å². The molecule has 4 radical (unpaired) electrons. The van der Waals surface area contributed by atoms with Crippen LogP contribution in [0.1, 0.15) is 10.4 Å². The van der Waals surface area contributed by atoms with E-state index in [1.807, 2.05) is 0 Å². The summed E-state index contributed by atoms with van der Waals surface area (Å²) in [7, 11) is 0. The average Bonchev–Trinajstić information content (AvgIpc) is 1.90. The van der Waals surface area contributed by atoms with Crippen LogP contribution >= 0.6 is 0 Å². The monoisotopic (exact) mass is 140 g/mol. The quantitative estimate of drug-likeness (QED) is 0.393. The largest absolute Gasteiger partial charge is 1.00 e. The molecule has 0 bridgehead atoms. The fourth-order valence-electron chi connectivity index (χ4n) is 0.574. The summed E-state index contributed by atoms with van der Waals surface area (Å²) < 4.78 is 0. The number of carboxylic acids is 1. The maximum atomic E-state index is 10.1. The molecule has 0 aliphatic carbocycles. The third-order valence-corrected chi connectivity index (χ3v) is 1.01. The first kappa shape index (κ1) is 12.9. The van der Waals surface area contributed by atoms with Gasteiger partial charge in [-0.2, -0.15) is 0 Å². The third-order valence-electron chi connectivity index (χ3n) is 1.01. The first-order chi connectivity index (χ1) is 4.30. The number of benzene rings is 1. The predicted octanol–water partition coefficient (Wildman–Crippen LogP) is -2.86. The number of carboxylic acid groups (broad SMARTS) is 1. The smallest absolute Gasteiger partial charge is 0.545 e. The van der Waals surface area contributed by atoms with E-state index in [-0.39, 0.29) is 31.9 Å². The standard InChI is InChI=1S/C7H6O2.C.Li/c8-7(9)6-4-2-1-3-5-6;;/h1-5H,(H,8,9);;/q;;+1/p-1. The van der Waals surface area contributed by atoms with Crippen molar-refractivity contribution >= 4 is 5.97 Å². The van der Waals surface area contributed by atoms with Crippen LogP contribution in [0.2, 0.25) is 0 Å². The summed E-state index contributed by atoms with van der Waals surface area (Å²) in [6, 6.07) is 8.06. The summed E-state index contributed by atoms with van der Waals surface area (Å²) in [5, 5.41) is 10.1. The van der Waals surface area contributed by atoms with Crippen molar-refractivity contribution in [1.82, 2.24) is 0 Å². The Hall–Kier alpha value is -0.713. The maximum absolute atomic E-state index is 10.1. The summed E-state index contributed by atoms with van der Waals surface area (Å²) in [6.07, 6.45) is 0. The van der Waals surface area contributed by atoms with Gasteiger partial charge in [-0.15, -0.1) is 0 Å². The van der Waals surface area contributed by atoms with Crippen molar-refractivity contribution in [2.45, 2.75) is 0 Å². The molecular weight excluding hydrogens is 135 g/mol. The molecule has 2 nitrogen and oxygen atoms in total. The first-order valence-electron chi connectivity index (χ1n) is 2.57. The molecule has 0 fully saturated rings. The zero-order chi connectivity index (χ0) is 6.69. The average molecular weight is 140 g/mol. The molecule has 0 saturated carbocycles. The molecule has 0 saturated heterocycles. The van der Waals surface area contributed by atoms with E-state index in [9.17, 15) is 9.90 Å². The van der Waals surface area contributed by atoms with Crippen LogP contribution in [0.25, 0.3) is 0 Å². The number of hydrogen-bond donors (Lipinski definition) is 0. The topological polar surface area (TPSA) is 40.1 Å². The van der Waals surface area contributed by atoms with E-state index in [2.05, 4.69) is 0 Å². The minimum absolute atomic E-state index is 0. The molecule has 0 spiro atoms. The molecule has 1 aromatic carbocycles. The van der Waals surface area contributed by atoms with Crippen LogP contribution in [-0.2, 0) is 0 Å². The molecule has 1 rings (SSSR count). The van der Waals surface area contributed by atoms with E-state index >= 15 is 0 Å². The minimum atomic E-state index is -1.13. The van der Waals surface area contributed by atoms with Gasteiger partial charge in [-0.3, -0.25) is 0 Å². The second-order valence-electron chi connectivity index (χ2n) is 1.65. The molecule has 0 atom stereocenters. The molecule has 0 aliphatic heterocycles. The Bertz CT molecular complexity index is 209. The van der Waals surface area contributed by atoms with Crippen LogP contribution < -0.4 is 24.0 Å². The van der Waals surface area contributed by atoms with E-state index < -0.39 is 5.97 Å². The van der Waals surface area contributed by atoms with E-state index in [1.165, 1.54) is 12.1 Å². The van der Waals surface area contributed by atoms with Gasteiger partial charge in [-0.25, -0.2) is 0 Å². The molecule has 0 heterocycles. The van der Waals surface area contributed by atoms with Crippen LogP contribution in [-0.4, -0.2) is 5.97 Å². The van der Waals surface area contributed by atoms with Crippen LogP contribution in [0.5, 0.6) is 0 Å². The molecule has 0 aromatic heterocycles. The molecule has 11 heavy (non-hydrogen) atoms. The number of carbonyl (C=O) groups is 1. The molecule has 50 valence electrons. The van der Waals surface area contributed by atoms with Crippen LogP contribution in [0.3, 0.4) is 0 Å². The zero-order valence-corrected chi connectivity index (χ0v) is 6.20. The summed E-state index contributed by atoms with van der Waals surface area (Å²) in [6.45, 7) is 0. The van der Waals surface area contributed by atoms with Crippen molar-refractivity contribution in [3.8, 4) is 0 Å². The van der Waals surface area contributed by atoms with Gasteiger partial charge in [0.05, 0.1) is 5.97 Å². The van der Waals surface area contributed by atoms with Crippen molar-refractivity contribution in [1.29, 1.82) is 0 Å². The fourth-order valence-corrected chi connectivity index (χ4v) is 0.574. The van der Waals surface area contributed by atoms with E-state index in [0.29, 0.717) is 0 Å². The molecule has 0 aliphatic rings. The molecule has 0 amide bonds. The Morgan fingerprint density at radius 1 is 1.18 bits per heavy atom. The van der Waals surface area contributed by atoms with E-state index in [4.69, 9.17) is 0 Å². The molecule has 3 heteroatoms. The molecule has 1 aromatic rings.